The van der Waals surface area contributed by atoms with Crippen molar-refractivity contribution < 1.29 is 30.8 Å². The van der Waals surface area contributed by atoms with Crippen molar-refractivity contribution in [2.24, 2.45) is 0 Å². The van der Waals surface area contributed by atoms with E-state index in [4.69, 9.17) is 5.26 Å². The summed E-state index contributed by atoms with van der Waals surface area (Å²) in [5, 5.41) is 9.13. The summed E-state index contributed by atoms with van der Waals surface area (Å²) in [6, 6.07) is 6.72. The molecule has 0 spiro atoms. The van der Waals surface area contributed by atoms with Crippen LogP contribution in [0.4, 0.5) is 23.2 Å². The third kappa shape index (κ3) is 3.79. The molecule has 0 bridgehead atoms. The molecule has 0 radical (unpaired) electrons. The van der Waals surface area contributed by atoms with Crippen LogP contribution in [0.25, 0.3) is 11.0 Å². The maximum absolute atomic E-state index is 15.1. The number of nitriles is 1. The summed E-state index contributed by atoms with van der Waals surface area (Å²) in [7, 11) is -4.98. The van der Waals surface area contributed by atoms with Crippen molar-refractivity contribution in [1.82, 2.24) is 9.97 Å². The molecule has 4 aromatic rings. The lowest BCUT2D eigenvalue weighted by molar-refractivity contribution is 0.103. The number of sulfonamides is 1. The fraction of sp³-hybridized carbons (Fsp3) is 0. The molecule has 0 fully saturated rings. The van der Waals surface area contributed by atoms with Gasteiger partial charge in [-0.1, -0.05) is 6.07 Å². The smallest absolute Gasteiger partial charge is 0.267 e. The van der Waals surface area contributed by atoms with Crippen molar-refractivity contribution >= 4 is 32.5 Å². The number of aromatic amines is 1. The normalized spacial score (nSPS) is 11.4. The molecule has 2 aromatic heterocycles. The number of nitrogens with zero attached hydrogens (tertiary/aromatic N) is 2. The van der Waals surface area contributed by atoms with E-state index >= 15 is 4.39 Å². The number of aromatic nitrogens is 2. The van der Waals surface area contributed by atoms with Gasteiger partial charge in [-0.2, -0.15) is 5.26 Å². The predicted octanol–water partition coefficient (Wildman–Crippen LogP) is 4.02. The summed E-state index contributed by atoms with van der Waals surface area (Å²) in [6.45, 7) is 0. The van der Waals surface area contributed by atoms with E-state index in [0.717, 1.165) is 12.3 Å². The fourth-order valence-electron chi connectivity index (χ4n) is 3.16. The van der Waals surface area contributed by atoms with Gasteiger partial charge in [0.25, 0.3) is 10.0 Å². The number of hydrogen-bond donors (Lipinski definition) is 2. The molecule has 0 aliphatic heterocycles. The number of anilines is 1. The number of nitrogens with one attached hydrogen (secondary N) is 2. The lowest BCUT2D eigenvalue weighted by Crippen LogP contribution is -2.18. The highest BCUT2D eigenvalue weighted by Gasteiger charge is 2.29. The molecule has 33 heavy (non-hydrogen) atoms. The number of fused-ring (bicyclic) bond motifs is 1. The highest BCUT2D eigenvalue weighted by atomic mass is 32.2. The Bertz CT molecular complexity index is 1570. The first kappa shape index (κ1) is 22.0. The van der Waals surface area contributed by atoms with Crippen LogP contribution >= 0.6 is 0 Å². The van der Waals surface area contributed by atoms with Crippen LogP contribution in [0.2, 0.25) is 0 Å². The van der Waals surface area contributed by atoms with E-state index in [-0.39, 0.29) is 22.2 Å². The Labute approximate surface area is 183 Å². The Kier molecular flexibility index (Phi) is 5.35. The minimum Gasteiger partial charge on any atom is -0.345 e. The van der Waals surface area contributed by atoms with Crippen LogP contribution in [0.5, 0.6) is 0 Å². The van der Waals surface area contributed by atoms with Gasteiger partial charge in [-0.3, -0.25) is 9.52 Å². The Balaban J connectivity index is 1.80. The largest absolute Gasteiger partial charge is 0.345 e. The number of benzene rings is 2. The lowest BCUT2D eigenvalue weighted by Gasteiger charge is -2.12. The molecule has 0 unspecified atom stereocenters. The second-order valence-electron chi connectivity index (χ2n) is 6.70. The van der Waals surface area contributed by atoms with Gasteiger partial charge in [0, 0.05) is 23.3 Å². The number of hydrogen-bond acceptors (Lipinski definition) is 5. The molecule has 2 aromatic carbocycles. The van der Waals surface area contributed by atoms with Gasteiger partial charge in [0.2, 0.25) is 5.78 Å². The van der Waals surface area contributed by atoms with Crippen LogP contribution in [0.3, 0.4) is 0 Å². The molecule has 0 atom stereocenters. The number of carbonyl (C=O) groups is 1. The standard InChI is InChI=1S/C21H10F4N4O3S/c22-13-4-5-16(29-33(31,32)20-14(23)2-1-3-15(20)24)18(25)17(13)19(30)12-9-28-21-11(12)6-10(7-26)8-27-21/h1-6,8-9,29H,(H,27,28). The third-order valence-corrected chi connectivity index (χ3v) is 6.07. The number of halogens is 4. The van der Waals surface area contributed by atoms with Crippen molar-refractivity contribution in [1.29, 1.82) is 5.26 Å². The predicted molar refractivity (Wildman–Crippen MR) is 108 cm³/mol. The quantitative estimate of drug-likeness (QED) is 0.335. The second kappa shape index (κ2) is 8.03. The molecule has 12 heteroatoms. The highest BCUT2D eigenvalue weighted by molar-refractivity contribution is 7.92. The van der Waals surface area contributed by atoms with Crippen LogP contribution in [-0.4, -0.2) is 24.2 Å². The zero-order valence-electron chi connectivity index (χ0n) is 16.2. The molecule has 0 aliphatic rings. The minimum atomic E-state index is -4.98. The van der Waals surface area contributed by atoms with E-state index in [1.807, 2.05) is 6.07 Å². The van der Waals surface area contributed by atoms with E-state index in [1.54, 1.807) is 4.72 Å². The van der Waals surface area contributed by atoms with Gasteiger partial charge in [-0.25, -0.2) is 31.0 Å². The molecule has 7 nitrogen and oxygen atoms in total. The van der Waals surface area contributed by atoms with Gasteiger partial charge in [0.1, 0.15) is 29.2 Å². The third-order valence-electron chi connectivity index (χ3n) is 4.65. The summed E-state index contributed by atoms with van der Waals surface area (Å²) in [4.78, 5) is 18.1. The van der Waals surface area contributed by atoms with E-state index < -0.39 is 55.2 Å². The average Bonchev–Trinajstić information content (AvgIpc) is 3.18. The number of ketones is 1. The van der Waals surface area contributed by atoms with E-state index in [0.29, 0.717) is 24.3 Å². The zero-order valence-corrected chi connectivity index (χ0v) is 17.0. The molecule has 0 aliphatic carbocycles. The first-order valence-electron chi connectivity index (χ1n) is 9.01. The van der Waals surface area contributed by atoms with E-state index in [9.17, 15) is 26.4 Å². The molecule has 2 heterocycles. The Hall–Kier alpha value is -4.24. The zero-order chi connectivity index (χ0) is 23.9. The van der Waals surface area contributed by atoms with E-state index in [2.05, 4.69) is 9.97 Å². The first-order valence-corrected chi connectivity index (χ1v) is 10.5. The summed E-state index contributed by atoms with van der Waals surface area (Å²) in [5.74, 6) is -6.94. The molecule has 0 amide bonds. The first-order chi connectivity index (χ1) is 15.6. The van der Waals surface area contributed by atoms with Gasteiger partial charge < -0.3 is 4.98 Å². The molecular weight excluding hydrogens is 464 g/mol. The lowest BCUT2D eigenvalue weighted by atomic mass is 10.0. The molecule has 0 saturated carbocycles. The summed E-state index contributed by atoms with van der Waals surface area (Å²) >= 11 is 0. The number of H-pyrrole nitrogens is 1. The van der Waals surface area contributed by atoms with Crippen LogP contribution in [-0.2, 0) is 10.0 Å². The van der Waals surface area contributed by atoms with Crippen molar-refractivity contribution in [3.63, 3.8) is 0 Å². The van der Waals surface area contributed by atoms with Gasteiger partial charge >= 0.3 is 0 Å². The number of rotatable bonds is 5. The molecule has 166 valence electrons. The number of pyridine rings is 1. The van der Waals surface area contributed by atoms with Gasteiger partial charge in [-0.15, -0.1) is 0 Å². The highest BCUT2D eigenvalue weighted by Crippen LogP contribution is 2.29. The summed E-state index contributed by atoms with van der Waals surface area (Å²) in [5.41, 5.74) is -1.99. The van der Waals surface area contributed by atoms with Crippen molar-refractivity contribution in [2.45, 2.75) is 4.90 Å². The average molecular weight is 474 g/mol. The van der Waals surface area contributed by atoms with Crippen molar-refractivity contribution in [3.05, 3.63) is 88.8 Å². The Morgan fingerprint density at radius 3 is 2.42 bits per heavy atom. The van der Waals surface area contributed by atoms with Crippen LogP contribution in [0, 0.1) is 34.6 Å². The maximum atomic E-state index is 15.1. The van der Waals surface area contributed by atoms with E-state index in [1.165, 1.54) is 12.3 Å². The van der Waals surface area contributed by atoms with Gasteiger partial charge in [0.05, 0.1) is 16.8 Å². The molecular formula is C21H10F4N4O3S. The molecule has 0 saturated heterocycles. The Morgan fingerprint density at radius 1 is 1.06 bits per heavy atom. The van der Waals surface area contributed by atoms with Crippen LogP contribution < -0.4 is 4.72 Å². The maximum Gasteiger partial charge on any atom is 0.267 e. The van der Waals surface area contributed by atoms with Crippen molar-refractivity contribution in [2.75, 3.05) is 4.72 Å². The summed E-state index contributed by atoms with van der Waals surface area (Å²) in [6.07, 6.45) is 2.36. The van der Waals surface area contributed by atoms with Crippen LogP contribution in [0.1, 0.15) is 21.5 Å². The van der Waals surface area contributed by atoms with Gasteiger partial charge in [-0.05, 0) is 30.3 Å². The number of carbonyl (C=O) groups excluding carboxylic acids is 1. The fourth-order valence-corrected chi connectivity index (χ4v) is 4.36. The Morgan fingerprint density at radius 2 is 1.76 bits per heavy atom. The summed E-state index contributed by atoms with van der Waals surface area (Å²) < 4.78 is 84.0. The monoisotopic (exact) mass is 474 g/mol. The molecule has 4 rings (SSSR count). The van der Waals surface area contributed by atoms with Crippen LogP contribution in [0.15, 0.2) is 53.7 Å². The molecule has 2 N–H and O–H groups in total. The van der Waals surface area contributed by atoms with Crippen molar-refractivity contribution in [3.8, 4) is 6.07 Å². The van der Waals surface area contributed by atoms with Gasteiger partial charge in [0.15, 0.2) is 10.7 Å². The second-order valence-corrected chi connectivity index (χ2v) is 8.32. The minimum absolute atomic E-state index is 0.0884. The SMILES string of the molecule is N#Cc1cnc2[nH]cc(C(=O)c3c(F)ccc(NS(=O)(=O)c4c(F)cccc4F)c3F)c2c1. The topological polar surface area (TPSA) is 116 Å².